The van der Waals surface area contributed by atoms with Gasteiger partial charge in [-0.3, -0.25) is 4.79 Å². The molecule has 0 spiro atoms. The highest BCUT2D eigenvalue weighted by molar-refractivity contribution is 5.73. The van der Waals surface area contributed by atoms with Crippen molar-refractivity contribution in [2.45, 2.75) is 41.5 Å². The highest BCUT2D eigenvalue weighted by atomic mass is 16.1. The predicted molar refractivity (Wildman–Crippen MR) is 54.8 cm³/mol. The van der Waals surface area contributed by atoms with Gasteiger partial charge in [0.25, 0.3) is 0 Å². The summed E-state index contributed by atoms with van der Waals surface area (Å²) in [5.74, 6) is 5.32. The van der Waals surface area contributed by atoms with E-state index in [0.29, 0.717) is 6.54 Å². The second-order valence-electron chi connectivity index (χ2n) is 1.34. The SMILES string of the molecule is CC.CC.CC#CCNC(C)=O. The Labute approximate surface area is 76.7 Å². The van der Waals surface area contributed by atoms with Crippen LogP contribution in [-0.2, 0) is 4.79 Å². The second kappa shape index (κ2) is 22.5. The van der Waals surface area contributed by atoms with Crippen LogP contribution in [0.5, 0.6) is 0 Å². The van der Waals surface area contributed by atoms with Gasteiger partial charge in [0.05, 0.1) is 6.54 Å². The molecule has 12 heavy (non-hydrogen) atoms. The number of carbonyl (C=O) groups is 1. The van der Waals surface area contributed by atoms with Crippen molar-refractivity contribution < 1.29 is 4.79 Å². The maximum Gasteiger partial charge on any atom is 0.217 e. The summed E-state index contributed by atoms with van der Waals surface area (Å²) in [6, 6.07) is 0. The Balaban J connectivity index is -0.000000175. The zero-order valence-corrected chi connectivity index (χ0v) is 9.12. The van der Waals surface area contributed by atoms with Gasteiger partial charge in [-0.25, -0.2) is 0 Å². The molecule has 0 bridgehead atoms. The minimum absolute atomic E-state index is 0.0345. The summed E-state index contributed by atoms with van der Waals surface area (Å²) in [5, 5.41) is 2.53. The van der Waals surface area contributed by atoms with E-state index in [-0.39, 0.29) is 5.91 Å². The van der Waals surface area contributed by atoms with Crippen LogP contribution in [0, 0.1) is 11.8 Å². The standard InChI is InChI=1S/C6H9NO.2C2H6/c1-3-4-5-7-6(2)8;2*1-2/h5H2,1-2H3,(H,7,8);2*1-2H3. The largest absolute Gasteiger partial charge is 0.345 e. The Bertz CT molecular complexity index is 131. The van der Waals surface area contributed by atoms with Gasteiger partial charge in [-0.15, -0.1) is 5.92 Å². The van der Waals surface area contributed by atoms with E-state index in [0.717, 1.165) is 0 Å². The van der Waals surface area contributed by atoms with E-state index < -0.39 is 0 Å². The van der Waals surface area contributed by atoms with E-state index in [2.05, 4.69) is 17.2 Å². The number of carbonyl (C=O) groups excluding carboxylic acids is 1. The normalized spacial score (nSPS) is 5.50. The minimum Gasteiger partial charge on any atom is -0.345 e. The van der Waals surface area contributed by atoms with E-state index >= 15 is 0 Å². The third kappa shape index (κ3) is 35.9. The van der Waals surface area contributed by atoms with E-state index in [9.17, 15) is 4.79 Å². The average Bonchev–Trinajstić information content (AvgIpc) is 2.12. The van der Waals surface area contributed by atoms with Crippen molar-refractivity contribution in [2.75, 3.05) is 6.54 Å². The lowest BCUT2D eigenvalue weighted by Gasteiger charge is -1.89. The molecule has 0 rings (SSSR count). The quantitative estimate of drug-likeness (QED) is 0.602. The first-order valence-electron chi connectivity index (χ1n) is 4.41. The molecule has 0 atom stereocenters. The topological polar surface area (TPSA) is 29.1 Å². The molecular weight excluding hydrogens is 150 g/mol. The summed E-state index contributed by atoms with van der Waals surface area (Å²) in [6.07, 6.45) is 0. The Morgan fingerprint density at radius 3 is 1.92 bits per heavy atom. The molecule has 0 aromatic rings. The van der Waals surface area contributed by atoms with Crippen LogP contribution in [0.1, 0.15) is 41.5 Å². The van der Waals surface area contributed by atoms with Crippen molar-refractivity contribution in [1.29, 1.82) is 0 Å². The fourth-order valence-corrected chi connectivity index (χ4v) is 0.257. The lowest BCUT2D eigenvalue weighted by molar-refractivity contribution is -0.118. The molecular formula is C10H21NO. The fraction of sp³-hybridized carbons (Fsp3) is 0.700. The van der Waals surface area contributed by atoms with Gasteiger partial charge < -0.3 is 5.32 Å². The Hall–Kier alpha value is -0.970. The fourth-order valence-electron chi connectivity index (χ4n) is 0.257. The maximum absolute atomic E-state index is 10.1. The van der Waals surface area contributed by atoms with Crippen LogP contribution in [0.15, 0.2) is 0 Å². The lowest BCUT2D eigenvalue weighted by Crippen LogP contribution is -2.19. The zero-order chi connectivity index (χ0) is 10.4. The molecule has 0 aromatic carbocycles. The number of hydrogen-bond acceptors (Lipinski definition) is 1. The van der Waals surface area contributed by atoms with Gasteiger partial charge in [0.2, 0.25) is 5.91 Å². The summed E-state index contributed by atoms with van der Waals surface area (Å²) in [4.78, 5) is 10.1. The summed E-state index contributed by atoms with van der Waals surface area (Å²) >= 11 is 0. The first kappa shape index (κ1) is 17.2. The van der Waals surface area contributed by atoms with E-state index in [1.807, 2.05) is 27.7 Å². The van der Waals surface area contributed by atoms with Crippen LogP contribution in [-0.4, -0.2) is 12.5 Å². The lowest BCUT2D eigenvalue weighted by atomic mass is 10.5. The van der Waals surface area contributed by atoms with E-state index in [1.165, 1.54) is 6.92 Å². The molecule has 0 aromatic heterocycles. The molecule has 0 unspecified atom stereocenters. The van der Waals surface area contributed by atoms with Gasteiger partial charge in [0.15, 0.2) is 0 Å². The van der Waals surface area contributed by atoms with Gasteiger partial charge in [0, 0.05) is 6.92 Å². The first-order chi connectivity index (χ1) is 5.77. The Morgan fingerprint density at radius 1 is 1.25 bits per heavy atom. The number of nitrogens with one attached hydrogen (secondary N) is 1. The predicted octanol–water partition coefficient (Wildman–Crippen LogP) is 2.20. The second-order valence-corrected chi connectivity index (χ2v) is 1.34. The monoisotopic (exact) mass is 171 g/mol. The Kier molecular flexibility index (Phi) is 32.3. The summed E-state index contributed by atoms with van der Waals surface area (Å²) in [7, 11) is 0. The highest BCUT2D eigenvalue weighted by Crippen LogP contribution is 1.57. The molecule has 0 fully saturated rings. The third-order valence-corrected chi connectivity index (χ3v) is 0.602. The third-order valence-electron chi connectivity index (χ3n) is 0.602. The number of rotatable bonds is 1. The maximum atomic E-state index is 10.1. The van der Waals surface area contributed by atoms with Crippen molar-refractivity contribution in [2.24, 2.45) is 0 Å². The van der Waals surface area contributed by atoms with Crippen molar-refractivity contribution in [3.8, 4) is 11.8 Å². The highest BCUT2D eigenvalue weighted by Gasteiger charge is 1.81. The summed E-state index contributed by atoms with van der Waals surface area (Å²) in [5.41, 5.74) is 0. The van der Waals surface area contributed by atoms with Gasteiger partial charge in [0.1, 0.15) is 0 Å². The van der Waals surface area contributed by atoms with Crippen molar-refractivity contribution in [3.05, 3.63) is 0 Å². The van der Waals surface area contributed by atoms with Crippen LogP contribution >= 0.6 is 0 Å². The van der Waals surface area contributed by atoms with Crippen LogP contribution in [0.3, 0.4) is 0 Å². The van der Waals surface area contributed by atoms with Crippen LogP contribution in [0.25, 0.3) is 0 Å². The molecule has 0 aliphatic carbocycles. The molecule has 72 valence electrons. The van der Waals surface area contributed by atoms with E-state index in [1.54, 1.807) is 6.92 Å². The van der Waals surface area contributed by atoms with Crippen LogP contribution in [0.4, 0.5) is 0 Å². The van der Waals surface area contributed by atoms with Crippen molar-refractivity contribution in [1.82, 2.24) is 5.32 Å². The van der Waals surface area contributed by atoms with Crippen LogP contribution in [0.2, 0.25) is 0 Å². The van der Waals surface area contributed by atoms with Gasteiger partial charge in [-0.05, 0) is 6.92 Å². The molecule has 0 aliphatic rings. The average molecular weight is 171 g/mol. The van der Waals surface area contributed by atoms with Crippen molar-refractivity contribution >= 4 is 5.91 Å². The summed E-state index contributed by atoms with van der Waals surface area (Å²) < 4.78 is 0. The molecule has 1 N–H and O–H groups in total. The number of amides is 1. The molecule has 0 saturated heterocycles. The molecule has 0 radical (unpaired) electrons. The van der Waals surface area contributed by atoms with Crippen LogP contribution < -0.4 is 5.32 Å². The smallest absolute Gasteiger partial charge is 0.217 e. The van der Waals surface area contributed by atoms with Crippen molar-refractivity contribution in [3.63, 3.8) is 0 Å². The Morgan fingerprint density at radius 2 is 1.67 bits per heavy atom. The molecule has 0 heterocycles. The molecule has 2 nitrogen and oxygen atoms in total. The van der Waals surface area contributed by atoms with Gasteiger partial charge in [-0.2, -0.15) is 0 Å². The summed E-state index contributed by atoms with van der Waals surface area (Å²) in [6.45, 7) is 11.7. The molecule has 1 amide bonds. The first-order valence-corrected chi connectivity index (χ1v) is 4.41. The number of hydrogen-bond donors (Lipinski definition) is 1. The molecule has 0 aliphatic heterocycles. The minimum atomic E-state index is -0.0345. The van der Waals surface area contributed by atoms with Gasteiger partial charge >= 0.3 is 0 Å². The zero-order valence-electron chi connectivity index (χ0n) is 9.12. The molecule has 2 heteroatoms. The van der Waals surface area contributed by atoms with E-state index in [4.69, 9.17) is 0 Å². The van der Waals surface area contributed by atoms with Gasteiger partial charge in [-0.1, -0.05) is 33.6 Å². The molecule has 0 saturated carbocycles.